The fourth-order valence-electron chi connectivity index (χ4n) is 5.43. The number of nitrogen functional groups attached to an aromatic ring is 1. The lowest BCUT2D eigenvalue weighted by atomic mass is 10.0. The third kappa shape index (κ3) is 3.75. The molecule has 10 nitrogen and oxygen atoms in total. The van der Waals surface area contributed by atoms with Crippen molar-refractivity contribution in [2.45, 2.75) is 28.6 Å². The zero-order valence-corrected chi connectivity index (χ0v) is 21.6. The van der Waals surface area contributed by atoms with Gasteiger partial charge in [0.15, 0.2) is 5.65 Å². The fraction of sp³-hybridized carbons (Fsp3) is 0.348. The van der Waals surface area contributed by atoms with Crippen molar-refractivity contribution in [2.75, 3.05) is 30.3 Å². The van der Waals surface area contributed by atoms with E-state index in [9.17, 15) is 9.90 Å². The van der Waals surface area contributed by atoms with E-state index in [0.29, 0.717) is 17.5 Å². The summed E-state index contributed by atoms with van der Waals surface area (Å²) in [6, 6.07) is 1.82. The molecule has 4 N–H and O–H groups in total. The first kappa shape index (κ1) is 23.3. The summed E-state index contributed by atoms with van der Waals surface area (Å²) >= 11 is 9.43. The molecule has 3 unspecified atom stereocenters. The highest BCUT2D eigenvalue weighted by Gasteiger charge is 2.68. The third-order valence-corrected chi connectivity index (χ3v) is 9.86. The molecule has 13 heteroatoms. The van der Waals surface area contributed by atoms with Crippen LogP contribution in [0.4, 0.5) is 16.6 Å². The Morgan fingerprint density at radius 2 is 2.19 bits per heavy atom. The normalized spacial score (nSPS) is 23.0. The maximum Gasteiger partial charge on any atom is 0.404 e. The number of aromatic nitrogens is 5. The lowest BCUT2D eigenvalue weighted by Gasteiger charge is -2.28. The van der Waals surface area contributed by atoms with Crippen molar-refractivity contribution in [1.82, 2.24) is 29.7 Å². The van der Waals surface area contributed by atoms with Gasteiger partial charge in [-0.05, 0) is 31.2 Å². The number of rotatable bonds is 6. The number of carboxylic acid groups (broad SMARTS) is 1. The summed E-state index contributed by atoms with van der Waals surface area (Å²) in [5, 5.41) is 15.4. The lowest BCUT2D eigenvalue weighted by Crippen LogP contribution is -2.35. The van der Waals surface area contributed by atoms with Gasteiger partial charge in [0.05, 0.1) is 9.92 Å². The Hall–Kier alpha value is -3.09. The molecular weight excluding hydrogens is 520 g/mol. The van der Waals surface area contributed by atoms with E-state index in [1.807, 2.05) is 35.2 Å². The average molecular weight is 543 g/mol. The largest absolute Gasteiger partial charge is 0.465 e. The van der Waals surface area contributed by atoms with Gasteiger partial charge in [-0.15, -0.1) is 11.3 Å². The number of nitrogens with one attached hydrogen (secondary N) is 1. The van der Waals surface area contributed by atoms with Gasteiger partial charge in [0.1, 0.15) is 10.8 Å². The van der Waals surface area contributed by atoms with Crippen LogP contribution in [0.25, 0.3) is 5.65 Å². The van der Waals surface area contributed by atoms with Crippen molar-refractivity contribution >= 4 is 58.2 Å². The molecule has 3 atom stereocenters. The SMILES string of the molecule is Cc1csc(C2(CNC(=O)O)C3CCN(c4ncc(Sc5ccnc(N)c5Cl)c5nccn45)CC32)n1. The van der Waals surface area contributed by atoms with Crippen LogP contribution in [0.3, 0.4) is 0 Å². The number of hydrogen-bond acceptors (Lipinski definition) is 9. The van der Waals surface area contributed by atoms with Gasteiger partial charge in [0.25, 0.3) is 0 Å². The molecule has 186 valence electrons. The fourth-order valence-corrected chi connectivity index (χ4v) is 7.69. The second-order valence-electron chi connectivity index (χ2n) is 9.09. The minimum absolute atomic E-state index is 0.270. The summed E-state index contributed by atoms with van der Waals surface area (Å²) in [7, 11) is 0. The molecule has 1 saturated heterocycles. The molecule has 4 aromatic rings. The molecule has 36 heavy (non-hydrogen) atoms. The van der Waals surface area contributed by atoms with Gasteiger partial charge in [-0.1, -0.05) is 23.4 Å². The van der Waals surface area contributed by atoms with Crippen LogP contribution in [0.5, 0.6) is 0 Å². The molecule has 1 aliphatic carbocycles. The first-order chi connectivity index (χ1) is 17.4. The summed E-state index contributed by atoms with van der Waals surface area (Å²) in [6.07, 6.45) is 7.05. The zero-order chi connectivity index (χ0) is 25.0. The number of carbonyl (C=O) groups is 1. The first-order valence-electron chi connectivity index (χ1n) is 11.4. The second kappa shape index (κ2) is 8.79. The Kier molecular flexibility index (Phi) is 5.69. The number of anilines is 2. The number of nitrogens with zero attached hydrogens (tertiary/aromatic N) is 6. The molecule has 0 spiro atoms. The van der Waals surface area contributed by atoms with Crippen molar-refractivity contribution in [2.24, 2.45) is 11.8 Å². The monoisotopic (exact) mass is 542 g/mol. The topological polar surface area (TPSA) is 135 Å². The Balaban J connectivity index is 1.29. The van der Waals surface area contributed by atoms with E-state index in [-0.39, 0.29) is 17.2 Å². The van der Waals surface area contributed by atoms with E-state index in [2.05, 4.69) is 20.2 Å². The number of thiazole rings is 1. The molecule has 0 radical (unpaired) electrons. The van der Waals surface area contributed by atoms with E-state index in [1.54, 1.807) is 23.7 Å². The van der Waals surface area contributed by atoms with Crippen molar-refractivity contribution in [3.63, 3.8) is 0 Å². The molecule has 0 bridgehead atoms. The molecule has 4 aromatic heterocycles. The van der Waals surface area contributed by atoms with Gasteiger partial charge in [0.2, 0.25) is 5.95 Å². The van der Waals surface area contributed by atoms with Gasteiger partial charge >= 0.3 is 6.09 Å². The summed E-state index contributed by atoms with van der Waals surface area (Å²) in [5.74, 6) is 1.78. The highest BCUT2D eigenvalue weighted by molar-refractivity contribution is 7.99. The number of fused-ring (bicyclic) bond motifs is 2. The van der Waals surface area contributed by atoms with Gasteiger partial charge in [-0.2, -0.15) is 0 Å². The average Bonchev–Trinajstić information content (AvgIpc) is 3.18. The van der Waals surface area contributed by atoms with Gasteiger partial charge in [0, 0.05) is 65.8 Å². The molecule has 6 rings (SSSR count). The molecule has 1 aliphatic heterocycles. The van der Waals surface area contributed by atoms with Gasteiger partial charge in [-0.3, -0.25) is 4.40 Å². The van der Waals surface area contributed by atoms with Crippen LogP contribution in [0, 0.1) is 18.8 Å². The molecule has 2 fully saturated rings. The van der Waals surface area contributed by atoms with E-state index >= 15 is 0 Å². The Morgan fingerprint density at radius 1 is 1.33 bits per heavy atom. The molecule has 2 aliphatic rings. The minimum atomic E-state index is -1.01. The van der Waals surface area contributed by atoms with Crippen molar-refractivity contribution < 1.29 is 9.90 Å². The van der Waals surface area contributed by atoms with Gasteiger partial charge in [-0.25, -0.2) is 24.7 Å². The van der Waals surface area contributed by atoms with Crippen LogP contribution in [0.2, 0.25) is 5.02 Å². The van der Waals surface area contributed by atoms with E-state index in [4.69, 9.17) is 27.3 Å². The predicted molar refractivity (Wildman–Crippen MR) is 139 cm³/mol. The molecule has 1 amide bonds. The van der Waals surface area contributed by atoms with Crippen molar-refractivity contribution in [3.05, 3.63) is 52.0 Å². The Labute approximate surface area is 219 Å². The number of pyridine rings is 1. The number of piperidine rings is 1. The Morgan fingerprint density at radius 3 is 2.97 bits per heavy atom. The number of imidazole rings is 1. The van der Waals surface area contributed by atoms with Crippen LogP contribution < -0.4 is 16.0 Å². The highest BCUT2D eigenvalue weighted by Crippen LogP contribution is 2.63. The molecular formula is C23H23ClN8O2S2. The Bertz CT molecular complexity index is 1480. The molecule has 0 aromatic carbocycles. The summed E-state index contributed by atoms with van der Waals surface area (Å²) in [4.78, 5) is 33.4. The van der Waals surface area contributed by atoms with E-state index in [0.717, 1.165) is 51.6 Å². The quantitative estimate of drug-likeness (QED) is 0.331. The van der Waals surface area contributed by atoms with Crippen LogP contribution in [-0.2, 0) is 5.41 Å². The predicted octanol–water partition coefficient (Wildman–Crippen LogP) is 3.94. The number of hydrogen-bond donors (Lipinski definition) is 3. The van der Waals surface area contributed by atoms with Crippen LogP contribution >= 0.6 is 34.7 Å². The van der Waals surface area contributed by atoms with Crippen molar-refractivity contribution in [1.29, 1.82) is 0 Å². The maximum atomic E-state index is 11.3. The van der Waals surface area contributed by atoms with E-state index < -0.39 is 6.09 Å². The van der Waals surface area contributed by atoms with Gasteiger partial charge < -0.3 is 21.1 Å². The first-order valence-corrected chi connectivity index (χ1v) is 13.5. The number of nitrogens with two attached hydrogens (primary N) is 1. The molecule has 5 heterocycles. The lowest BCUT2D eigenvalue weighted by molar-refractivity contribution is 0.193. The number of amides is 1. The standard InChI is InChI=1S/C23H23ClN8O2S2/c1-12-10-35-20(30-12)23(11-29-22(33)34)13-3-6-31(9-14(13)23)21-28-8-16(19-27-5-7-32(19)21)36-15-2-4-26-18(25)17(15)24/h2,4-5,7-8,10,13-14,29H,3,6,9,11H2,1H3,(H2,25,26)(H,33,34). The van der Waals surface area contributed by atoms with Crippen molar-refractivity contribution in [3.8, 4) is 0 Å². The second-order valence-corrected chi connectivity index (χ2v) is 11.4. The number of halogens is 1. The highest BCUT2D eigenvalue weighted by atomic mass is 35.5. The summed E-state index contributed by atoms with van der Waals surface area (Å²) in [6.45, 7) is 3.94. The smallest absolute Gasteiger partial charge is 0.404 e. The zero-order valence-electron chi connectivity index (χ0n) is 19.3. The van der Waals surface area contributed by atoms with Crippen LogP contribution in [0.15, 0.2) is 46.0 Å². The van der Waals surface area contributed by atoms with E-state index in [1.165, 1.54) is 11.8 Å². The summed E-state index contributed by atoms with van der Waals surface area (Å²) < 4.78 is 1.99. The van der Waals surface area contributed by atoms with Crippen LogP contribution in [-0.4, -0.2) is 55.2 Å². The number of aryl methyl sites for hydroxylation is 1. The maximum absolute atomic E-state index is 11.3. The summed E-state index contributed by atoms with van der Waals surface area (Å²) in [5.41, 5.74) is 7.35. The third-order valence-electron chi connectivity index (χ3n) is 7.13. The molecule has 1 saturated carbocycles. The van der Waals surface area contributed by atoms with Crippen LogP contribution in [0.1, 0.15) is 17.1 Å². The minimum Gasteiger partial charge on any atom is -0.465 e.